The number of aliphatic imine (C=N–C) groups is 1. The van der Waals surface area contributed by atoms with Crippen LogP contribution in [0.15, 0.2) is 35.3 Å². The number of fused-ring (bicyclic) bond motifs is 1. The molecule has 6 heteroatoms. The Labute approximate surface area is 144 Å². The van der Waals surface area contributed by atoms with Crippen LogP contribution in [0.25, 0.3) is 11.1 Å². The van der Waals surface area contributed by atoms with Gasteiger partial charge >= 0.3 is 6.18 Å². The Bertz CT molecular complexity index is 811. The molecule has 25 heavy (non-hydrogen) atoms. The lowest BCUT2D eigenvalue weighted by Gasteiger charge is -2.17. The second-order valence-electron chi connectivity index (χ2n) is 6.11. The fourth-order valence-corrected chi connectivity index (χ4v) is 3.06. The fraction of sp³-hybridized carbons (Fsp3) is 0.316. The van der Waals surface area contributed by atoms with Crippen LogP contribution in [0.4, 0.5) is 18.9 Å². The van der Waals surface area contributed by atoms with Crippen LogP contribution >= 0.6 is 0 Å². The summed E-state index contributed by atoms with van der Waals surface area (Å²) in [6.45, 7) is 1.71. The van der Waals surface area contributed by atoms with E-state index in [9.17, 15) is 13.2 Å². The summed E-state index contributed by atoms with van der Waals surface area (Å²) in [6, 6.07) is 8.17. The Kier molecular flexibility index (Phi) is 4.45. The monoisotopic (exact) mass is 348 g/mol. The van der Waals surface area contributed by atoms with Crippen LogP contribution in [0.5, 0.6) is 5.75 Å². The summed E-state index contributed by atoms with van der Waals surface area (Å²) >= 11 is 0. The average Bonchev–Trinajstić information content (AvgIpc) is 3.05. The van der Waals surface area contributed by atoms with Gasteiger partial charge in [-0.25, -0.2) is 0 Å². The minimum Gasteiger partial charge on any atom is -0.492 e. The summed E-state index contributed by atoms with van der Waals surface area (Å²) in [5.41, 5.74) is 10.4. The number of ether oxygens (including phenoxy) is 1. The first-order valence-corrected chi connectivity index (χ1v) is 8.00. The lowest BCUT2D eigenvalue weighted by Crippen LogP contribution is -2.17. The third kappa shape index (κ3) is 3.21. The molecule has 132 valence electrons. The quantitative estimate of drug-likeness (QED) is 0.652. The Morgan fingerprint density at radius 2 is 1.92 bits per heavy atom. The summed E-state index contributed by atoms with van der Waals surface area (Å²) in [5, 5.41) is 0. The molecule has 0 aliphatic carbocycles. The minimum atomic E-state index is -4.25. The average molecular weight is 348 g/mol. The third-order valence-electron chi connectivity index (χ3n) is 4.52. The molecule has 0 fully saturated rings. The molecule has 2 aromatic carbocycles. The second-order valence-corrected chi connectivity index (χ2v) is 6.11. The van der Waals surface area contributed by atoms with Gasteiger partial charge in [0.1, 0.15) is 5.75 Å². The first kappa shape index (κ1) is 17.3. The molecule has 0 spiro atoms. The van der Waals surface area contributed by atoms with E-state index in [2.05, 4.69) is 4.99 Å². The Balaban J connectivity index is 2.03. The van der Waals surface area contributed by atoms with Crippen LogP contribution in [-0.2, 0) is 6.42 Å². The number of halogens is 3. The van der Waals surface area contributed by atoms with Crippen LogP contribution in [-0.4, -0.2) is 26.0 Å². The van der Waals surface area contributed by atoms with Crippen molar-refractivity contribution < 1.29 is 17.9 Å². The third-order valence-corrected chi connectivity index (χ3v) is 4.52. The number of alkyl halides is 3. The summed E-state index contributed by atoms with van der Waals surface area (Å²) in [6.07, 6.45) is -1.81. The van der Waals surface area contributed by atoms with Crippen LogP contribution in [0, 0.1) is 0 Å². The number of nitrogens with two attached hydrogens (primary N) is 1. The highest BCUT2D eigenvalue weighted by molar-refractivity contribution is 5.94. The molecule has 1 aliphatic heterocycles. The summed E-state index contributed by atoms with van der Waals surface area (Å²) in [7, 11) is 1.68. The molecule has 3 rings (SSSR count). The molecule has 2 N–H and O–H groups in total. The van der Waals surface area contributed by atoms with Gasteiger partial charge in [-0.1, -0.05) is 24.3 Å². The van der Waals surface area contributed by atoms with Gasteiger partial charge in [0.15, 0.2) is 0 Å². The highest BCUT2D eigenvalue weighted by atomic mass is 19.4. The first-order valence-electron chi connectivity index (χ1n) is 8.00. The second kappa shape index (κ2) is 6.43. The fourth-order valence-electron chi connectivity index (χ4n) is 3.06. The summed E-state index contributed by atoms with van der Waals surface area (Å²) in [4.78, 5) is 4.03. The number of rotatable bonds is 3. The van der Waals surface area contributed by atoms with E-state index in [4.69, 9.17) is 10.5 Å². The molecule has 0 radical (unpaired) electrons. The smallest absolute Gasteiger partial charge is 0.395 e. The normalized spacial score (nSPS) is 15.2. The number of anilines is 1. The topological polar surface area (TPSA) is 47.6 Å². The van der Waals surface area contributed by atoms with E-state index in [1.54, 1.807) is 31.5 Å². The van der Waals surface area contributed by atoms with E-state index >= 15 is 0 Å². The van der Waals surface area contributed by atoms with Crippen molar-refractivity contribution in [3.05, 3.63) is 47.0 Å². The van der Waals surface area contributed by atoms with Gasteiger partial charge in [-0.2, -0.15) is 13.2 Å². The molecule has 0 saturated heterocycles. The van der Waals surface area contributed by atoms with Crippen LogP contribution < -0.4 is 10.5 Å². The van der Waals surface area contributed by atoms with E-state index in [1.165, 1.54) is 12.1 Å². The molecule has 1 heterocycles. The molecule has 1 unspecified atom stereocenters. The van der Waals surface area contributed by atoms with E-state index in [0.29, 0.717) is 12.3 Å². The molecule has 1 atom stereocenters. The van der Waals surface area contributed by atoms with Crippen molar-refractivity contribution in [3.8, 4) is 16.9 Å². The molecule has 0 aromatic heterocycles. The maximum absolute atomic E-state index is 12.9. The molecular formula is C19H19F3N2O. The predicted molar refractivity (Wildman–Crippen MR) is 93.5 cm³/mol. The minimum absolute atomic E-state index is 0.233. The lowest BCUT2D eigenvalue weighted by molar-refractivity contribution is -0.146. The van der Waals surface area contributed by atoms with Crippen LogP contribution in [0.1, 0.15) is 29.5 Å². The largest absolute Gasteiger partial charge is 0.492 e. The van der Waals surface area contributed by atoms with E-state index in [0.717, 1.165) is 41.3 Å². The highest BCUT2D eigenvalue weighted by Gasteiger charge is 2.36. The molecule has 0 bridgehead atoms. The van der Waals surface area contributed by atoms with Gasteiger partial charge in [-0.15, -0.1) is 0 Å². The van der Waals surface area contributed by atoms with Gasteiger partial charge in [0.2, 0.25) is 0 Å². The number of nitrogen functional groups attached to an aromatic ring is 1. The lowest BCUT2D eigenvalue weighted by atomic mass is 9.93. The van der Waals surface area contributed by atoms with Crippen molar-refractivity contribution in [1.29, 1.82) is 0 Å². The highest BCUT2D eigenvalue weighted by Crippen LogP contribution is 2.42. The number of benzene rings is 2. The van der Waals surface area contributed by atoms with Crippen molar-refractivity contribution in [2.24, 2.45) is 4.99 Å². The number of hydrogen-bond donors (Lipinski definition) is 1. The van der Waals surface area contributed by atoms with E-state index in [1.807, 2.05) is 0 Å². The van der Waals surface area contributed by atoms with E-state index < -0.39 is 12.1 Å². The number of hydrogen-bond acceptors (Lipinski definition) is 3. The molecule has 3 nitrogen and oxygen atoms in total. The SMILES string of the molecule is CN=Cc1c(N)cc(-c2ccc(C(C)C(F)(F)F)cc2)c2c1CCO2. The molecular weight excluding hydrogens is 329 g/mol. The van der Waals surface area contributed by atoms with Gasteiger partial charge < -0.3 is 10.5 Å². The van der Waals surface area contributed by atoms with E-state index in [-0.39, 0.29) is 5.56 Å². The Morgan fingerprint density at radius 3 is 2.52 bits per heavy atom. The summed E-state index contributed by atoms with van der Waals surface area (Å²) < 4.78 is 44.3. The Morgan fingerprint density at radius 1 is 1.24 bits per heavy atom. The zero-order chi connectivity index (χ0) is 18.2. The van der Waals surface area contributed by atoms with Crippen LogP contribution in [0.3, 0.4) is 0 Å². The zero-order valence-electron chi connectivity index (χ0n) is 14.0. The van der Waals surface area contributed by atoms with Crippen molar-refractivity contribution in [2.45, 2.75) is 25.4 Å². The molecule has 2 aromatic rings. The summed E-state index contributed by atoms with van der Waals surface area (Å²) in [5.74, 6) is -0.766. The van der Waals surface area contributed by atoms with Crippen molar-refractivity contribution >= 4 is 11.9 Å². The van der Waals surface area contributed by atoms with Crippen LogP contribution in [0.2, 0.25) is 0 Å². The van der Waals surface area contributed by atoms with Gasteiger partial charge in [0, 0.05) is 42.1 Å². The van der Waals surface area contributed by atoms with Gasteiger partial charge in [-0.3, -0.25) is 4.99 Å². The predicted octanol–water partition coefficient (Wildman–Crippen LogP) is 4.59. The van der Waals surface area contributed by atoms with Gasteiger partial charge in [0.05, 0.1) is 12.5 Å². The standard InChI is InChI=1S/C19H19F3N2O/c1-11(19(20,21)22)12-3-5-13(6-4-12)15-9-17(23)16(10-24-2)14-7-8-25-18(14)15/h3-6,9-11H,7-8,23H2,1-2H3. The van der Waals surface area contributed by atoms with Crippen molar-refractivity contribution in [2.75, 3.05) is 19.4 Å². The maximum atomic E-state index is 12.9. The maximum Gasteiger partial charge on any atom is 0.395 e. The Hall–Kier alpha value is -2.50. The van der Waals surface area contributed by atoms with Crippen molar-refractivity contribution in [3.63, 3.8) is 0 Å². The van der Waals surface area contributed by atoms with Gasteiger partial charge in [-0.05, 0) is 24.1 Å². The van der Waals surface area contributed by atoms with Gasteiger partial charge in [0.25, 0.3) is 0 Å². The molecule has 0 saturated carbocycles. The zero-order valence-corrected chi connectivity index (χ0v) is 14.0. The number of nitrogens with zero attached hydrogens (tertiary/aromatic N) is 1. The molecule has 0 amide bonds. The first-order chi connectivity index (χ1) is 11.8. The molecule has 1 aliphatic rings. The van der Waals surface area contributed by atoms with Crippen molar-refractivity contribution in [1.82, 2.24) is 0 Å².